The van der Waals surface area contributed by atoms with E-state index in [1.165, 1.54) is 0 Å². The van der Waals surface area contributed by atoms with E-state index >= 15 is 0 Å². The molecule has 0 unspecified atom stereocenters. The minimum Gasteiger partial charge on any atom is -0.443 e. The Labute approximate surface area is 143 Å². The minimum atomic E-state index is -0.523. The van der Waals surface area contributed by atoms with E-state index in [1.54, 1.807) is 41.5 Å². The molecule has 0 atom stereocenters. The molecule has 1 fully saturated rings. The number of aliphatic hydroxyl groups excluding tert-OH is 1. The van der Waals surface area contributed by atoms with Crippen LogP contribution in [-0.4, -0.2) is 40.6 Å². The molecule has 0 aromatic carbocycles. The van der Waals surface area contributed by atoms with Crippen LogP contribution in [0.5, 0.6) is 0 Å². The molecule has 2 rings (SSSR count). The van der Waals surface area contributed by atoms with Crippen LogP contribution in [0.2, 0.25) is 0 Å². The summed E-state index contributed by atoms with van der Waals surface area (Å²) in [7, 11) is 0. The fourth-order valence-electron chi connectivity index (χ4n) is 2.19. The van der Waals surface area contributed by atoms with Gasteiger partial charge >= 0.3 is 6.09 Å². The first kappa shape index (κ1) is 18.2. The second-order valence-corrected chi connectivity index (χ2v) is 7.16. The van der Waals surface area contributed by atoms with Crippen molar-refractivity contribution < 1.29 is 14.6 Å². The van der Waals surface area contributed by atoms with Gasteiger partial charge in [0.2, 0.25) is 0 Å². The Kier molecular flexibility index (Phi) is 5.78. The van der Waals surface area contributed by atoms with Gasteiger partial charge in [-0.1, -0.05) is 18.2 Å². The zero-order chi connectivity index (χ0) is 17.7. The zero-order valence-electron chi connectivity index (χ0n) is 14.6. The number of carbonyl (C=O) groups excluding carboxylic acids is 1. The Bertz CT molecular complexity index is 617. The van der Waals surface area contributed by atoms with Crippen molar-refractivity contribution in [2.24, 2.45) is 5.92 Å². The summed E-state index contributed by atoms with van der Waals surface area (Å²) in [5.41, 5.74) is 1.27. The second-order valence-electron chi connectivity index (χ2n) is 7.16. The monoisotopic (exact) mass is 330 g/mol. The number of carbonyl (C=O) groups is 1. The molecule has 0 bridgehead atoms. The lowest BCUT2D eigenvalue weighted by Crippen LogP contribution is -2.34. The third-order valence-electron chi connectivity index (χ3n) is 3.62. The van der Waals surface area contributed by atoms with Gasteiger partial charge in [0.1, 0.15) is 5.60 Å². The summed E-state index contributed by atoms with van der Waals surface area (Å²) in [5.74, 6) is 0.553. The van der Waals surface area contributed by atoms with E-state index in [2.05, 4.69) is 0 Å². The van der Waals surface area contributed by atoms with E-state index < -0.39 is 5.60 Å². The Hall–Kier alpha value is -2.14. The van der Waals surface area contributed by atoms with E-state index in [0.29, 0.717) is 23.7 Å². The predicted molar refractivity (Wildman–Crippen MR) is 94.9 cm³/mol. The van der Waals surface area contributed by atoms with E-state index in [4.69, 9.17) is 15.3 Å². The van der Waals surface area contributed by atoms with Crippen molar-refractivity contribution in [2.75, 3.05) is 13.2 Å². The molecular formula is C19H26N2O3. The molecule has 2 aliphatic rings. The van der Waals surface area contributed by atoms with Crippen LogP contribution in [0, 0.1) is 11.3 Å². The van der Waals surface area contributed by atoms with Crippen molar-refractivity contribution in [3.8, 4) is 0 Å². The minimum absolute atomic E-state index is 0.0736. The summed E-state index contributed by atoms with van der Waals surface area (Å²) >= 11 is 0. The summed E-state index contributed by atoms with van der Waals surface area (Å²) in [4.78, 5) is 13.9. The van der Waals surface area contributed by atoms with E-state index in [1.807, 2.05) is 20.8 Å². The molecule has 0 spiro atoms. The van der Waals surface area contributed by atoms with Gasteiger partial charge in [-0.15, -0.1) is 0 Å². The number of nitrogens with one attached hydrogen (secondary N) is 1. The fraction of sp³-hybridized carbons (Fsp3) is 0.474. The van der Waals surface area contributed by atoms with Gasteiger partial charge in [-0.3, -0.25) is 4.90 Å². The quantitative estimate of drug-likeness (QED) is 0.809. The van der Waals surface area contributed by atoms with Gasteiger partial charge < -0.3 is 15.3 Å². The van der Waals surface area contributed by atoms with Crippen LogP contribution in [-0.2, 0) is 4.74 Å². The molecule has 130 valence electrons. The molecule has 1 saturated carbocycles. The molecule has 2 N–H and O–H groups in total. The average molecular weight is 330 g/mol. The molecule has 24 heavy (non-hydrogen) atoms. The van der Waals surface area contributed by atoms with Crippen LogP contribution in [0.1, 0.15) is 33.6 Å². The maximum atomic E-state index is 12.3. The fourth-order valence-corrected chi connectivity index (χ4v) is 2.19. The first-order chi connectivity index (χ1) is 11.3. The third-order valence-corrected chi connectivity index (χ3v) is 3.62. The average Bonchev–Trinajstić information content (AvgIpc) is 3.30. The Balaban J connectivity index is 2.03. The smallest absolute Gasteiger partial charge is 0.414 e. The van der Waals surface area contributed by atoms with Crippen LogP contribution in [0.25, 0.3) is 0 Å². The first-order valence-electron chi connectivity index (χ1n) is 8.25. The van der Waals surface area contributed by atoms with Crippen LogP contribution in [0.4, 0.5) is 4.79 Å². The van der Waals surface area contributed by atoms with E-state index in [0.717, 1.165) is 18.4 Å². The van der Waals surface area contributed by atoms with E-state index in [-0.39, 0.29) is 12.7 Å². The Morgan fingerprint density at radius 3 is 2.67 bits per heavy atom. The van der Waals surface area contributed by atoms with Crippen LogP contribution < -0.4 is 0 Å². The molecule has 0 aromatic rings. The second kappa shape index (κ2) is 7.62. The highest BCUT2D eigenvalue weighted by molar-refractivity contribution is 6.10. The van der Waals surface area contributed by atoms with Gasteiger partial charge in [0.25, 0.3) is 0 Å². The summed E-state index contributed by atoms with van der Waals surface area (Å²) in [6.07, 6.45) is 12.4. The molecule has 2 aliphatic carbocycles. The summed E-state index contributed by atoms with van der Waals surface area (Å²) in [6, 6.07) is 0. The number of hydrogen-bond donors (Lipinski definition) is 2. The molecule has 0 saturated heterocycles. The van der Waals surface area contributed by atoms with Gasteiger partial charge in [0.15, 0.2) is 0 Å². The summed E-state index contributed by atoms with van der Waals surface area (Å²) < 4.78 is 5.44. The lowest BCUT2D eigenvalue weighted by atomic mass is 10.0. The zero-order valence-corrected chi connectivity index (χ0v) is 14.6. The van der Waals surface area contributed by atoms with Crippen LogP contribution in [0.15, 0.2) is 47.7 Å². The van der Waals surface area contributed by atoms with Crippen molar-refractivity contribution in [1.29, 1.82) is 5.41 Å². The highest BCUT2D eigenvalue weighted by Gasteiger charge is 2.28. The van der Waals surface area contributed by atoms with Gasteiger partial charge in [-0.05, 0) is 62.8 Å². The molecule has 5 heteroatoms. The number of allylic oxidation sites excluding steroid dienone is 5. The summed E-state index contributed by atoms with van der Waals surface area (Å²) in [6.45, 7) is 6.15. The lowest BCUT2D eigenvalue weighted by molar-refractivity contribution is 0.0328. The molecule has 1 amide bonds. The van der Waals surface area contributed by atoms with Crippen LogP contribution >= 0.6 is 0 Å². The standard InChI is InChI=1S/C19H26N2O3/c1-19(2,3)24-18(23)21(12-14-6-7-14)10-4-5-16-9-8-15(13-22)11-17(16)20/h4-5,8-11,14,20,22H,6-7,12-13H2,1-3H3/b10-4+,16-5-,20-17?. The van der Waals surface area contributed by atoms with Crippen molar-refractivity contribution in [1.82, 2.24) is 4.90 Å². The van der Waals surface area contributed by atoms with E-state index in [9.17, 15) is 4.79 Å². The number of ether oxygens (including phenoxy) is 1. The Morgan fingerprint density at radius 1 is 1.42 bits per heavy atom. The van der Waals surface area contributed by atoms with Crippen molar-refractivity contribution >= 4 is 11.8 Å². The highest BCUT2D eigenvalue weighted by atomic mass is 16.6. The predicted octanol–water partition coefficient (Wildman–Crippen LogP) is 3.58. The van der Waals surface area contributed by atoms with Gasteiger partial charge in [-0.2, -0.15) is 0 Å². The first-order valence-corrected chi connectivity index (χ1v) is 8.25. The SMILES string of the molecule is CC(C)(C)OC(=O)N(/C=C/C=C1/C=CC(CO)=CC1=N)CC1CC1. The Morgan fingerprint density at radius 2 is 2.12 bits per heavy atom. The van der Waals surface area contributed by atoms with Crippen LogP contribution in [0.3, 0.4) is 0 Å². The molecule has 0 aliphatic heterocycles. The number of rotatable bonds is 5. The van der Waals surface area contributed by atoms with Crippen molar-refractivity contribution in [3.63, 3.8) is 0 Å². The van der Waals surface area contributed by atoms with Gasteiger partial charge in [0.05, 0.1) is 12.3 Å². The molecular weight excluding hydrogens is 304 g/mol. The number of aliphatic hydroxyl groups is 1. The van der Waals surface area contributed by atoms with Crippen molar-refractivity contribution in [2.45, 2.75) is 39.2 Å². The summed E-state index contributed by atoms with van der Waals surface area (Å²) in [5, 5.41) is 17.0. The molecule has 0 heterocycles. The highest BCUT2D eigenvalue weighted by Crippen LogP contribution is 2.30. The van der Waals surface area contributed by atoms with Crippen molar-refractivity contribution in [3.05, 3.63) is 47.7 Å². The topological polar surface area (TPSA) is 73.6 Å². The maximum absolute atomic E-state index is 12.3. The molecule has 5 nitrogen and oxygen atoms in total. The molecule has 0 radical (unpaired) electrons. The number of amides is 1. The largest absolute Gasteiger partial charge is 0.443 e. The maximum Gasteiger partial charge on any atom is 0.414 e. The van der Waals surface area contributed by atoms with Gasteiger partial charge in [0, 0.05) is 12.7 Å². The molecule has 0 aromatic heterocycles. The third kappa shape index (κ3) is 5.81. The number of nitrogens with zero attached hydrogens (tertiary/aromatic N) is 1. The lowest BCUT2D eigenvalue weighted by Gasteiger charge is -2.25. The van der Waals surface area contributed by atoms with Gasteiger partial charge in [-0.25, -0.2) is 4.79 Å². The normalized spacial score (nSPS) is 19.8. The number of hydrogen-bond acceptors (Lipinski definition) is 4.